The molecule has 0 bridgehead atoms. The molecule has 0 unspecified atom stereocenters. The van der Waals surface area contributed by atoms with E-state index in [4.69, 9.17) is 11.6 Å². The number of aliphatic hydroxyl groups is 1. The highest BCUT2D eigenvalue weighted by Gasteiger charge is 2.40. The number of hydrogen-bond donors (Lipinski definition) is 1. The molecule has 0 aliphatic carbocycles. The van der Waals surface area contributed by atoms with Gasteiger partial charge >= 0.3 is 0 Å². The largest absolute Gasteiger partial charge is 0.390 e. The Labute approximate surface area is 153 Å². The number of rotatable bonds is 5. The number of β-amino-alcohol motifs (C(OH)–C–C–N with tert-alkyl or cyclic N) is 1. The van der Waals surface area contributed by atoms with Crippen LogP contribution in [0.5, 0.6) is 0 Å². The lowest BCUT2D eigenvalue weighted by atomic mass is 10.1. The van der Waals surface area contributed by atoms with Crippen molar-refractivity contribution >= 4 is 21.6 Å². The van der Waals surface area contributed by atoms with Crippen molar-refractivity contribution in [3.8, 4) is 0 Å². The van der Waals surface area contributed by atoms with Crippen LogP contribution < -0.4 is 0 Å². The molecular formula is C18H21ClN2O3S. The van der Waals surface area contributed by atoms with Crippen LogP contribution in [0.4, 0.5) is 0 Å². The van der Waals surface area contributed by atoms with Gasteiger partial charge in [-0.3, -0.25) is 4.90 Å². The smallest absolute Gasteiger partial charge is 0.243 e. The Bertz CT molecular complexity index is 829. The van der Waals surface area contributed by atoms with Gasteiger partial charge in [0.2, 0.25) is 10.0 Å². The van der Waals surface area contributed by atoms with Crippen molar-refractivity contribution in [3.63, 3.8) is 0 Å². The lowest BCUT2D eigenvalue weighted by Crippen LogP contribution is -2.40. The fourth-order valence-electron chi connectivity index (χ4n) is 3.12. The van der Waals surface area contributed by atoms with Crippen LogP contribution in [-0.4, -0.2) is 55.0 Å². The van der Waals surface area contributed by atoms with Gasteiger partial charge in [-0.15, -0.1) is 0 Å². The van der Waals surface area contributed by atoms with Crippen molar-refractivity contribution in [2.45, 2.75) is 23.6 Å². The summed E-state index contributed by atoms with van der Waals surface area (Å²) in [4.78, 5) is 2.20. The quantitative estimate of drug-likeness (QED) is 0.863. The predicted molar refractivity (Wildman–Crippen MR) is 97.9 cm³/mol. The minimum Gasteiger partial charge on any atom is -0.390 e. The molecule has 0 radical (unpaired) electrons. The predicted octanol–water partition coefficient (Wildman–Crippen LogP) is 2.21. The summed E-state index contributed by atoms with van der Waals surface area (Å²) < 4.78 is 26.8. The second-order valence-electron chi connectivity index (χ2n) is 6.28. The second kappa shape index (κ2) is 7.43. The molecule has 1 aliphatic rings. The first-order chi connectivity index (χ1) is 11.9. The van der Waals surface area contributed by atoms with E-state index in [1.54, 1.807) is 30.3 Å². The van der Waals surface area contributed by atoms with Gasteiger partial charge in [0.25, 0.3) is 0 Å². The number of hydrogen-bond acceptors (Lipinski definition) is 4. The molecule has 25 heavy (non-hydrogen) atoms. The van der Waals surface area contributed by atoms with Crippen LogP contribution in [0, 0.1) is 0 Å². The standard InChI is InChI=1S/C18H21ClN2O3S/c1-20(11-14-7-5-6-10-16(14)19)17-12-21(13-18(17)22)25(23,24)15-8-3-2-4-9-15/h2-10,17-18,22H,11-13H2,1H3/t17-,18-/m0/s1. The highest BCUT2D eigenvalue weighted by molar-refractivity contribution is 7.89. The van der Waals surface area contributed by atoms with E-state index in [-0.39, 0.29) is 24.0 Å². The Morgan fingerprint density at radius 1 is 1.12 bits per heavy atom. The van der Waals surface area contributed by atoms with Gasteiger partial charge in [0.1, 0.15) is 0 Å². The molecule has 3 rings (SSSR count). The van der Waals surface area contributed by atoms with Gasteiger partial charge in [-0.1, -0.05) is 48.0 Å². The third-order valence-electron chi connectivity index (χ3n) is 4.55. The first kappa shape index (κ1) is 18.4. The number of likely N-dealkylation sites (N-methyl/N-ethyl adjacent to an activating group) is 1. The number of halogens is 1. The van der Waals surface area contributed by atoms with Gasteiger partial charge in [-0.2, -0.15) is 4.31 Å². The van der Waals surface area contributed by atoms with E-state index in [1.807, 2.05) is 36.2 Å². The fourth-order valence-corrected chi connectivity index (χ4v) is 4.81. The average Bonchev–Trinajstić information content (AvgIpc) is 3.00. The summed E-state index contributed by atoms with van der Waals surface area (Å²) in [5, 5.41) is 11.1. The number of benzene rings is 2. The fraction of sp³-hybridized carbons (Fsp3) is 0.333. The van der Waals surface area contributed by atoms with Gasteiger partial charge in [0.05, 0.1) is 17.0 Å². The Morgan fingerprint density at radius 3 is 2.44 bits per heavy atom. The number of aliphatic hydroxyl groups excluding tert-OH is 1. The molecule has 0 aromatic heterocycles. The van der Waals surface area contributed by atoms with Crippen LogP contribution in [0.1, 0.15) is 5.56 Å². The molecule has 1 fully saturated rings. The third kappa shape index (κ3) is 3.88. The molecule has 5 nitrogen and oxygen atoms in total. The third-order valence-corrected chi connectivity index (χ3v) is 6.76. The molecule has 2 atom stereocenters. The van der Waals surface area contributed by atoms with Crippen molar-refractivity contribution < 1.29 is 13.5 Å². The molecule has 2 aromatic rings. The molecule has 2 aromatic carbocycles. The van der Waals surface area contributed by atoms with E-state index < -0.39 is 16.1 Å². The maximum atomic E-state index is 12.7. The summed E-state index contributed by atoms with van der Waals surface area (Å²) in [6, 6.07) is 15.6. The van der Waals surface area contributed by atoms with Gasteiger partial charge in [0.15, 0.2) is 0 Å². The van der Waals surface area contributed by atoms with Crippen molar-refractivity contribution in [1.82, 2.24) is 9.21 Å². The van der Waals surface area contributed by atoms with E-state index >= 15 is 0 Å². The van der Waals surface area contributed by atoms with Crippen molar-refractivity contribution in [1.29, 1.82) is 0 Å². The van der Waals surface area contributed by atoms with E-state index in [2.05, 4.69) is 0 Å². The zero-order valence-electron chi connectivity index (χ0n) is 13.9. The molecule has 7 heteroatoms. The topological polar surface area (TPSA) is 60.9 Å². The van der Waals surface area contributed by atoms with Gasteiger partial charge in [0, 0.05) is 24.7 Å². The van der Waals surface area contributed by atoms with Gasteiger partial charge < -0.3 is 5.11 Å². The maximum Gasteiger partial charge on any atom is 0.243 e. The molecule has 0 spiro atoms. The van der Waals surface area contributed by atoms with Crippen LogP contribution in [0.2, 0.25) is 5.02 Å². The molecule has 1 heterocycles. The van der Waals surface area contributed by atoms with Crippen molar-refractivity contribution in [2.24, 2.45) is 0 Å². The molecule has 0 saturated carbocycles. The summed E-state index contributed by atoms with van der Waals surface area (Å²) in [5.74, 6) is 0. The van der Waals surface area contributed by atoms with Crippen molar-refractivity contribution in [2.75, 3.05) is 20.1 Å². The Hall–Kier alpha value is -1.44. The highest BCUT2D eigenvalue weighted by atomic mass is 35.5. The van der Waals surface area contributed by atoms with Gasteiger partial charge in [-0.05, 0) is 30.8 Å². The highest BCUT2D eigenvalue weighted by Crippen LogP contribution is 2.25. The summed E-state index contributed by atoms with van der Waals surface area (Å²) in [6.45, 7) is 0.884. The lowest BCUT2D eigenvalue weighted by Gasteiger charge is -2.26. The number of sulfonamides is 1. The maximum absolute atomic E-state index is 12.7. The van der Waals surface area contributed by atoms with E-state index in [0.29, 0.717) is 11.6 Å². The molecule has 1 N–H and O–H groups in total. The molecule has 1 aliphatic heterocycles. The first-order valence-corrected chi connectivity index (χ1v) is 9.88. The van der Waals surface area contributed by atoms with Crippen LogP contribution in [0.3, 0.4) is 0 Å². The summed E-state index contributed by atoms with van der Waals surface area (Å²) in [7, 11) is -1.73. The lowest BCUT2D eigenvalue weighted by molar-refractivity contribution is 0.0953. The first-order valence-electron chi connectivity index (χ1n) is 8.06. The Kier molecular flexibility index (Phi) is 5.46. The second-order valence-corrected chi connectivity index (χ2v) is 8.62. The normalized spacial score (nSPS) is 21.8. The SMILES string of the molecule is CN(Cc1ccccc1Cl)[C@H]1CN(S(=O)(=O)c2ccccc2)C[C@@H]1O. The van der Waals surface area contributed by atoms with Crippen LogP contribution in [0.15, 0.2) is 59.5 Å². The Morgan fingerprint density at radius 2 is 1.76 bits per heavy atom. The number of nitrogens with zero attached hydrogens (tertiary/aromatic N) is 2. The van der Waals surface area contributed by atoms with E-state index in [1.165, 1.54) is 4.31 Å². The van der Waals surface area contributed by atoms with E-state index in [0.717, 1.165) is 5.56 Å². The minimum atomic E-state index is -3.60. The monoisotopic (exact) mass is 380 g/mol. The molecule has 1 saturated heterocycles. The molecule has 134 valence electrons. The van der Waals surface area contributed by atoms with Crippen LogP contribution in [0.25, 0.3) is 0 Å². The van der Waals surface area contributed by atoms with Crippen LogP contribution in [-0.2, 0) is 16.6 Å². The summed E-state index contributed by atoms with van der Waals surface area (Å²) >= 11 is 6.20. The average molecular weight is 381 g/mol. The zero-order valence-corrected chi connectivity index (χ0v) is 15.5. The molecular weight excluding hydrogens is 360 g/mol. The zero-order chi connectivity index (χ0) is 18.0. The van der Waals surface area contributed by atoms with Gasteiger partial charge in [-0.25, -0.2) is 8.42 Å². The minimum absolute atomic E-state index is 0.0920. The van der Waals surface area contributed by atoms with Crippen molar-refractivity contribution in [3.05, 3.63) is 65.2 Å². The molecule has 0 amide bonds. The van der Waals surface area contributed by atoms with Crippen LogP contribution >= 0.6 is 11.6 Å². The summed E-state index contributed by atoms with van der Waals surface area (Å²) in [6.07, 6.45) is -0.744. The Balaban J connectivity index is 1.74. The van der Waals surface area contributed by atoms with E-state index in [9.17, 15) is 13.5 Å². The summed E-state index contributed by atoms with van der Waals surface area (Å²) in [5.41, 5.74) is 0.947.